The Morgan fingerprint density at radius 2 is 2.28 bits per heavy atom. The van der Waals surface area contributed by atoms with E-state index in [9.17, 15) is 9.90 Å². The van der Waals surface area contributed by atoms with E-state index in [0.717, 1.165) is 0 Å². The molecular weight excluding hydrogens is 232 g/mol. The average Bonchev–Trinajstić information content (AvgIpc) is 2.70. The van der Waals surface area contributed by atoms with Crippen LogP contribution in [0.1, 0.15) is 31.9 Å². The van der Waals surface area contributed by atoms with Crippen molar-refractivity contribution in [1.29, 1.82) is 0 Å². The molecule has 1 heterocycles. The van der Waals surface area contributed by atoms with Crippen LogP contribution in [0.2, 0.25) is 0 Å². The van der Waals surface area contributed by atoms with Crippen LogP contribution in [-0.4, -0.2) is 33.4 Å². The fraction of sp³-hybridized carbons (Fsp3) is 0.667. The summed E-state index contributed by atoms with van der Waals surface area (Å²) in [6, 6.07) is -0.745. The summed E-state index contributed by atoms with van der Waals surface area (Å²) in [7, 11) is 1.76. The molecule has 0 radical (unpaired) electrons. The molecule has 0 aromatic carbocycles. The molecule has 4 N–H and O–H groups in total. The van der Waals surface area contributed by atoms with Gasteiger partial charge >= 0.3 is 0 Å². The second-order valence-corrected chi connectivity index (χ2v) is 4.95. The zero-order chi connectivity index (χ0) is 13.7. The topological polar surface area (TPSA) is 93.2 Å². The third-order valence-corrected chi connectivity index (χ3v) is 2.62. The molecule has 0 aliphatic carbocycles. The molecule has 0 saturated carbocycles. The average molecular weight is 254 g/mol. The highest BCUT2D eigenvalue weighted by Crippen LogP contribution is 2.09. The molecule has 1 amide bonds. The Balaban J connectivity index is 2.41. The van der Waals surface area contributed by atoms with E-state index < -0.39 is 12.1 Å². The van der Waals surface area contributed by atoms with Gasteiger partial charge in [0.25, 0.3) is 0 Å². The van der Waals surface area contributed by atoms with Crippen LogP contribution in [0.15, 0.2) is 12.4 Å². The molecule has 2 unspecified atom stereocenters. The maximum absolute atomic E-state index is 11.8. The van der Waals surface area contributed by atoms with Crippen molar-refractivity contribution in [2.75, 3.05) is 6.54 Å². The number of aromatic nitrogens is 2. The van der Waals surface area contributed by atoms with E-state index in [1.165, 1.54) is 0 Å². The maximum atomic E-state index is 11.8. The molecule has 0 aliphatic heterocycles. The number of rotatable bonds is 6. The summed E-state index contributed by atoms with van der Waals surface area (Å²) in [5.41, 5.74) is 6.45. The van der Waals surface area contributed by atoms with Crippen molar-refractivity contribution in [1.82, 2.24) is 15.1 Å². The smallest absolute Gasteiger partial charge is 0.241 e. The predicted molar refractivity (Wildman–Crippen MR) is 68.6 cm³/mol. The van der Waals surface area contributed by atoms with E-state index in [1.807, 2.05) is 13.8 Å². The number of nitrogens with two attached hydrogens (primary N) is 1. The van der Waals surface area contributed by atoms with Gasteiger partial charge in [0, 0.05) is 25.4 Å². The SMILES string of the molecule is CC(C)CC(O)CNC(=O)C(N)c1cnn(C)c1. The van der Waals surface area contributed by atoms with Gasteiger partial charge in [-0.2, -0.15) is 5.10 Å². The van der Waals surface area contributed by atoms with E-state index in [-0.39, 0.29) is 12.5 Å². The fourth-order valence-corrected chi connectivity index (χ4v) is 1.71. The Hall–Kier alpha value is -1.40. The van der Waals surface area contributed by atoms with Crippen molar-refractivity contribution in [3.8, 4) is 0 Å². The second-order valence-electron chi connectivity index (χ2n) is 4.95. The van der Waals surface area contributed by atoms with Crippen molar-refractivity contribution in [3.63, 3.8) is 0 Å². The van der Waals surface area contributed by atoms with Crippen molar-refractivity contribution >= 4 is 5.91 Å². The van der Waals surface area contributed by atoms with Gasteiger partial charge in [0.1, 0.15) is 6.04 Å². The van der Waals surface area contributed by atoms with Crippen LogP contribution in [0.4, 0.5) is 0 Å². The number of aliphatic hydroxyl groups excluding tert-OH is 1. The van der Waals surface area contributed by atoms with Crippen molar-refractivity contribution < 1.29 is 9.90 Å². The van der Waals surface area contributed by atoms with Crippen LogP contribution >= 0.6 is 0 Å². The Morgan fingerprint density at radius 1 is 1.61 bits per heavy atom. The summed E-state index contributed by atoms with van der Waals surface area (Å²) in [5, 5.41) is 16.3. The molecule has 6 heteroatoms. The first-order valence-electron chi connectivity index (χ1n) is 6.10. The number of hydrogen-bond acceptors (Lipinski definition) is 4. The van der Waals surface area contributed by atoms with Crippen LogP contribution in [0.5, 0.6) is 0 Å². The zero-order valence-corrected chi connectivity index (χ0v) is 11.1. The Kier molecular flexibility index (Phi) is 5.30. The van der Waals surface area contributed by atoms with Gasteiger partial charge in [-0.3, -0.25) is 9.48 Å². The molecule has 0 saturated heterocycles. The molecule has 102 valence electrons. The summed E-state index contributed by atoms with van der Waals surface area (Å²) < 4.78 is 1.59. The number of aliphatic hydroxyl groups is 1. The van der Waals surface area contributed by atoms with Gasteiger partial charge in [0.15, 0.2) is 0 Å². The highest BCUT2D eigenvalue weighted by atomic mass is 16.3. The molecule has 0 aliphatic rings. The Morgan fingerprint density at radius 3 is 2.78 bits per heavy atom. The first kappa shape index (κ1) is 14.7. The van der Waals surface area contributed by atoms with Gasteiger partial charge in [0.05, 0.1) is 12.3 Å². The highest BCUT2D eigenvalue weighted by Gasteiger charge is 2.18. The molecule has 18 heavy (non-hydrogen) atoms. The number of hydrogen-bond donors (Lipinski definition) is 3. The van der Waals surface area contributed by atoms with E-state index >= 15 is 0 Å². The lowest BCUT2D eigenvalue weighted by atomic mass is 10.1. The van der Waals surface area contributed by atoms with E-state index in [2.05, 4.69) is 10.4 Å². The molecule has 6 nitrogen and oxygen atoms in total. The highest BCUT2D eigenvalue weighted by molar-refractivity contribution is 5.82. The molecule has 1 rings (SSSR count). The van der Waals surface area contributed by atoms with Crippen LogP contribution in [0, 0.1) is 5.92 Å². The van der Waals surface area contributed by atoms with Crippen LogP contribution < -0.4 is 11.1 Å². The van der Waals surface area contributed by atoms with Gasteiger partial charge < -0.3 is 16.2 Å². The van der Waals surface area contributed by atoms with E-state index in [0.29, 0.717) is 17.9 Å². The molecule has 1 aromatic heterocycles. The summed E-state index contributed by atoms with van der Waals surface area (Å²) in [6.45, 7) is 4.27. The minimum Gasteiger partial charge on any atom is -0.391 e. The van der Waals surface area contributed by atoms with Crippen LogP contribution in [-0.2, 0) is 11.8 Å². The lowest BCUT2D eigenvalue weighted by molar-refractivity contribution is -0.123. The van der Waals surface area contributed by atoms with E-state index in [4.69, 9.17) is 5.73 Å². The number of aryl methyl sites for hydroxylation is 1. The van der Waals surface area contributed by atoms with Gasteiger partial charge in [-0.1, -0.05) is 13.8 Å². The lowest BCUT2D eigenvalue weighted by Gasteiger charge is -2.15. The van der Waals surface area contributed by atoms with Gasteiger partial charge in [-0.15, -0.1) is 0 Å². The first-order valence-corrected chi connectivity index (χ1v) is 6.10. The lowest BCUT2D eigenvalue weighted by Crippen LogP contribution is -2.38. The summed E-state index contributed by atoms with van der Waals surface area (Å²) in [5.74, 6) is 0.0923. The molecule has 0 spiro atoms. The molecule has 0 bridgehead atoms. The van der Waals surface area contributed by atoms with Gasteiger partial charge in [0.2, 0.25) is 5.91 Å². The largest absolute Gasteiger partial charge is 0.391 e. The van der Waals surface area contributed by atoms with Crippen LogP contribution in [0.3, 0.4) is 0 Å². The number of nitrogens with one attached hydrogen (secondary N) is 1. The van der Waals surface area contributed by atoms with E-state index in [1.54, 1.807) is 24.1 Å². The minimum absolute atomic E-state index is 0.227. The third-order valence-electron chi connectivity index (χ3n) is 2.62. The summed E-state index contributed by atoms with van der Waals surface area (Å²) >= 11 is 0. The quantitative estimate of drug-likeness (QED) is 0.663. The molecular formula is C12H22N4O2. The van der Waals surface area contributed by atoms with Crippen molar-refractivity contribution in [3.05, 3.63) is 18.0 Å². The maximum Gasteiger partial charge on any atom is 0.241 e. The number of amides is 1. The number of carbonyl (C=O) groups is 1. The molecule has 0 fully saturated rings. The third kappa shape index (κ3) is 4.46. The Labute approximate surface area is 107 Å². The monoisotopic (exact) mass is 254 g/mol. The minimum atomic E-state index is -0.745. The summed E-state index contributed by atoms with van der Waals surface area (Å²) in [6.07, 6.45) is 3.39. The molecule has 1 aromatic rings. The van der Waals surface area contributed by atoms with Crippen molar-refractivity contribution in [2.45, 2.75) is 32.4 Å². The van der Waals surface area contributed by atoms with Gasteiger partial charge in [-0.05, 0) is 12.3 Å². The predicted octanol–water partition coefficient (Wildman–Crippen LogP) is -0.0569. The molecule has 2 atom stereocenters. The van der Waals surface area contributed by atoms with Crippen molar-refractivity contribution in [2.24, 2.45) is 18.7 Å². The number of nitrogens with zero attached hydrogens (tertiary/aromatic N) is 2. The fourth-order valence-electron chi connectivity index (χ4n) is 1.71. The Bertz CT molecular complexity index is 389. The first-order chi connectivity index (χ1) is 8.40. The summed E-state index contributed by atoms with van der Waals surface area (Å²) in [4.78, 5) is 11.8. The van der Waals surface area contributed by atoms with Crippen LogP contribution in [0.25, 0.3) is 0 Å². The second kappa shape index (κ2) is 6.51. The standard InChI is InChI=1S/C12H22N4O2/c1-8(2)4-10(17)6-14-12(18)11(13)9-5-15-16(3)7-9/h5,7-8,10-11,17H,4,6,13H2,1-3H3,(H,14,18). The van der Waals surface area contributed by atoms with Gasteiger partial charge in [-0.25, -0.2) is 0 Å². The normalized spacial score (nSPS) is 14.6. The zero-order valence-electron chi connectivity index (χ0n) is 11.1. The number of carbonyl (C=O) groups excluding carboxylic acids is 1.